The molecule has 0 unspecified atom stereocenters. The molecule has 3 aromatic carbocycles. The van der Waals surface area contributed by atoms with Crippen LogP contribution in [0.15, 0.2) is 76.7 Å². The van der Waals surface area contributed by atoms with Crippen LogP contribution in [0.1, 0.15) is 17.3 Å². The largest absolute Gasteiger partial charge is 0.494 e. The molecule has 4 aromatic rings. The number of benzene rings is 3. The van der Waals surface area contributed by atoms with E-state index in [9.17, 15) is 9.59 Å². The van der Waals surface area contributed by atoms with Crippen molar-refractivity contribution in [3.05, 3.63) is 82.6 Å². The molecule has 0 atom stereocenters. The molecule has 1 aliphatic heterocycles. The molecule has 2 heterocycles. The zero-order valence-corrected chi connectivity index (χ0v) is 18.6. The van der Waals surface area contributed by atoms with E-state index in [1.54, 1.807) is 30.3 Å². The van der Waals surface area contributed by atoms with Crippen LogP contribution in [-0.2, 0) is 0 Å². The quantitative estimate of drug-likeness (QED) is 0.228. The van der Waals surface area contributed by atoms with Gasteiger partial charge in [-0.1, -0.05) is 23.9 Å². The predicted octanol–water partition coefficient (Wildman–Crippen LogP) is 4.49. The molecule has 0 bridgehead atoms. The summed E-state index contributed by atoms with van der Waals surface area (Å²) in [7, 11) is 0. The average molecular weight is 461 g/mol. The third-order valence-corrected chi connectivity index (χ3v) is 6.12. The van der Waals surface area contributed by atoms with Gasteiger partial charge in [-0.25, -0.2) is 4.98 Å². The van der Waals surface area contributed by atoms with Gasteiger partial charge in [0.2, 0.25) is 6.79 Å². The van der Waals surface area contributed by atoms with Crippen molar-refractivity contribution >= 4 is 28.4 Å². The maximum absolute atomic E-state index is 13.4. The lowest BCUT2D eigenvalue weighted by Gasteiger charge is -2.14. The van der Waals surface area contributed by atoms with Crippen molar-refractivity contribution in [1.82, 2.24) is 9.55 Å². The highest BCUT2D eigenvalue weighted by atomic mass is 32.2. The molecular formula is C25H20N2O5S. The fourth-order valence-corrected chi connectivity index (χ4v) is 4.49. The molecule has 33 heavy (non-hydrogen) atoms. The van der Waals surface area contributed by atoms with Crippen LogP contribution in [0.4, 0.5) is 0 Å². The number of ketones is 1. The Kier molecular flexibility index (Phi) is 5.75. The summed E-state index contributed by atoms with van der Waals surface area (Å²) in [5.74, 6) is 1.91. The van der Waals surface area contributed by atoms with Gasteiger partial charge >= 0.3 is 0 Å². The summed E-state index contributed by atoms with van der Waals surface area (Å²) in [6, 6.07) is 19.6. The molecule has 8 heteroatoms. The number of hydrogen-bond donors (Lipinski definition) is 0. The molecular weight excluding hydrogens is 440 g/mol. The lowest BCUT2D eigenvalue weighted by atomic mass is 10.1. The summed E-state index contributed by atoms with van der Waals surface area (Å²) in [5, 5.41) is 0.954. The monoisotopic (exact) mass is 460 g/mol. The number of thioether (sulfide) groups is 1. The van der Waals surface area contributed by atoms with Crippen molar-refractivity contribution in [3.8, 4) is 22.9 Å². The highest BCUT2D eigenvalue weighted by molar-refractivity contribution is 7.99. The van der Waals surface area contributed by atoms with E-state index in [1.807, 2.05) is 43.3 Å². The van der Waals surface area contributed by atoms with E-state index in [4.69, 9.17) is 19.2 Å². The van der Waals surface area contributed by atoms with Gasteiger partial charge < -0.3 is 14.2 Å². The fraction of sp³-hybridized carbons (Fsp3) is 0.160. The van der Waals surface area contributed by atoms with E-state index in [2.05, 4.69) is 0 Å². The van der Waals surface area contributed by atoms with Crippen LogP contribution in [0.3, 0.4) is 0 Å². The zero-order valence-electron chi connectivity index (χ0n) is 17.8. The predicted molar refractivity (Wildman–Crippen MR) is 126 cm³/mol. The summed E-state index contributed by atoms with van der Waals surface area (Å²) in [6.07, 6.45) is 0. The molecule has 1 aliphatic rings. The highest BCUT2D eigenvalue weighted by Crippen LogP contribution is 2.33. The van der Waals surface area contributed by atoms with Crippen molar-refractivity contribution in [2.45, 2.75) is 12.1 Å². The van der Waals surface area contributed by atoms with Gasteiger partial charge in [0.15, 0.2) is 22.4 Å². The number of nitrogens with zero attached hydrogens (tertiary/aromatic N) is 2. The van der Waals surface area contributed by atoms with E-state index >= 15 is 0 Å². The van der Waals surface area contributed by atoms with Crippen molar-refractivity contribution in [2.24, 2.45) is 0 Å². The Morgan fingerprint density at radius 3 is 2.67 bits per heavy atom. The van der Waals surface area contributed by atoms with Gasteiger partial charge in [0.25, 0.3) is 5.56 Å². The number of aromatic nitrogens is 2. The number of carbonyl (C=O) groups is 1. The maximum Gasteiger partial charge on any atom is 0.266 e. The molecule has 0 spiro atoms. The summed E-state index contributed by atoms with van der Waals surface area (Å²) in [5.41, 5.74) is 1.56. The number of Topliss-reactive ketones (excluding diaryl/α,β-unsaturated/α-hetero) is 1. The molecule has 7 nitrogen and oxygen atoms in total. The van der Waals surface area contributed by atoms with Gasteiger partial charge in [-0.2, -0.15) is 0 Å². The second kappa shape index (κ2) is 8.99. The topological polar surface area (TPSA) is 79.7 Å². The van der Waals surface area contributed by atoms with Gasteiger partial charge in [0.05, 0.1) is 29.0 Å². The van der Waals surface area contributed by atoms with Crippen LogP contribution < -0.4 is 19.8 Å². The third-order valence-electron chi connectivity index (χ3n) is 5.18. The Hall–Kier alpha value is -3.78. The van der Waals surface area contributed by atoms with E-state index in [1.165, 1.54) is 16.3 Å². The fourth-order valence-electron chi connectivity index (χ4n) is 3.58. The molecule has 0 saturated carbocycles. The van der Waals surface area contributed by atoms with Crippen molar-refractivity contribution in [3.63, 3.8) is 0 Å². The normalized spacial score (nSPS) is 12.2. The number of rotatable bonds is 7. The highest BCUT2D eigenvalue weighted by Gasteiger charge is 2.18. The number of hydrogen-bond acceptors (Lipinski definition) is 7. The Morgan fingerprint density at radius 1 is 1.06 bits per heavy atom. The van der Waals surface area contributed by atoms with Crippen molar-refractivity contribution in [1.29, 1.82) is 0 Å². The van der Waals surface area contributed by atoms with E-state index < -0.39 is 0 Å². The van der Waals surface area contributed by atoms with Gasteiger partial charge in [0.1, 0.15) is 5.75 Å². The first-order chi connectivity index (χ1) is 16.1. The van der Waals surface area contributed by atoms with E-state index in [-0.39, 0.29) is 23.9 Å². The van der Waals surface area contributed by atoms with Crippen LogP contribution in [0.5, 0.6) is 17.2 Å². The van der Waals surface area contributed by atoms with Gasteiger partial charge in [0, 0.05) is 5.56 Å². The molecule has 0 radical (unpaired) electrons. The van der Waals surface area contributed by atoms with E-state index in [0.29, 0.717) is 45.4 Å². The van der Waals surface area contributed by atoms with E-state index in [0.717, 1.165) is 5.75 Å². The second-order valence-corrected chi connectivity index (χ2v) is 8.20. The first-order valence-corrected chi connectivity index (χ1v) is 11.4. The number of para-hydroxylation sites is 1. The van der Waals surface area contributed by atoms with Crippen molar-refractivity contribution in [2.75, 3.05) is 19.2 Å². The van der Waals surface area contributed by atoms with Crippen LogP contribution in [0.25, 0.3) is 16.6 Å². The first kappa shape index (κ1) is 21.1. The van der Waals surface area contributed by atoms with Crippen molar-refractivity contribution < 1.29 is 19.0 Å². The van der Waals surface area contributed by atoms with Crippen LogP contribution >= 0.6 is 11.8 Å². The minimum absolute atomic E-state index is 0.0982. The minimum atomic E-state index is -0.192. The van der Waals surface area contributed by atoms with Crippen LogP contribution in [0, 0.1) is 0 Å². The standard InChI is InChI=1S/C25H20N2O5S/c1-2-30-18-10-8-17(9-11-18)27-24(29)19-5-3-4-6-20(19)26-25(27)33-14-21(28)16-7-12-22-23(13-16)32-15-31-22/h3-13H,2,14-15H2,1H3. The van der Waals surface area contributed by atoms with Crippen LogP contribution in [0.2, 0.25) is 0 Å². The number of fused-ring (bicyclic) bond motifs is 2. The summed E-state index contributed by atoms with van der Waals surface area (Å²) < 4.78 is 17.7. The molecule has 5 rings (SSSR count). The SMILES string of the molecule is CCOc1ccc(-n2c(SCC(=O)c3ccc4c(c3)OCO4)nc3ccccc3c2=O)cc1. The molecule has 1 aromatic heterocycles. The Morgan fingerprint density at radius 2 is 1.85 bits per heavy atom. The molecule has 0 amide bonds. The molecule has 166 valence electrons. The number of carbonyl (C=O) groups excluding carboxylic acids is 1. The molecule has 0 aliphatic carbocycles. The lowest BCUT2D eigenvalue weighted by molar-refractivity contribution is 0.102. The Balaban J connectivity index is 1.49. The second-order valence-electron chi connectivity index (χ2n) is 7.26. The van der Waals surface area contributed by atoms with Gasteiger partial charge in [-0.15, -0.1) is 0 Å². The molecule has 0 N–H and O–H groups in total. The van der Waals surface area contributed by atoms with Crippen LogP contribution in [-0.4, -0.2) is 34.5 Å². The lowest BCUT2D eigenvalue weighted by Crippen LogP contribution is -2.22. The average Bonchev–Trinajstić information content (AvgIpc) is 3.32. The first-order valence-electron chi connectivity index (χ1n) is 10.4. The molecule has 0 fully saturated rings. The Labute approximate surface area is 193 Å². The Bertz CT molecular complexity index is 1400. The summed E-state index contributed by atoms with van der Waals surface area (Å²) in [4.78, 5) is 30.9. The van der Waals surface area contributed by atoms with Gasteiger partial charge in [-0.3, -0.25) is 14.2 Å². The summed E-state index contributed by atoms with van der Waals surface area (Å²) in [6.45, 7) is 2.62. The number of ether oxygens (including phenoxy) is 3. The molecule has 0 saturated heterocycles. The maximum atomic E-state index is 13.4. The zero-order chi connectivity index (χ0) is 22.8. The summed E-state index contributed by atoms with van der Waals surface area (Å²) >= 11 is 1.22. The van der Waals surface area contributed by atoms with Gasteiger partial charge in [-0.05, 0) is 61.5 Å². The minimum Gasteiger partial charge on any atom is -0.494 e. The third kappa shape index (κ3) is 4.17. The smallest absolute Gasteiger partial charge is 0.266 e.